The second-order valence-electron chi connectivity index (χ2n) is 4.60. The van der Waals surface area contributed by atoms with Gasteiger partial charge in [-0.15, -0.1) is 0 Å². The number of halogens is 2. The molecule has 1 amide bonds. The number of nitrogens with two attached hydrogens (primary N) is 1. The Morgan fingerprint density at radius 1 is 1.30 bits per heavy atom. The number of carbonyl (C=O) groups is 1. The number of amides is 1. The zero-order valence-electron chi connectivity index (χ0n) is 11.1. The number of benzene rings is 2. The maximum atomic E-state index is 12.4. The third-order valence-corrected chi connectivity index (χ3v) is 5.00. The van der Waals surface area contributed by atoms with Gasteiger partial charge >= 0.3 is 0 Å². The predicted octanol–water partition coefficient (Wildman–Crippen LogP) is 4.51. The molecule has 3 nitrogen and oxygen atoms in total. The summed E-state index contributed by atoms with van der Waals surface area (Å²) in [4.78, 5) is 12.4. The van der Waals surface area contributed by atoms with Gasteiger partial charge < -0.3 is 11.1 Å². The highest BCUT2D eigenvalue weighted by atomic mass is 127. The minimum atomic E-state index is -0.158. The monoisotopic (exact) mass is 444 g/mol. The van der Waals surface area contributed by atoms with Crippen LogP contribution in [0.5, 0.6) is 0 Å². The summed E-state index contributed by atoms with van der Waals surface area (Å²) in [6, 6.07) is 9.42. The van der Waals surface area contributed by atoms with E-state index in [0.717, 1.165) is 19.2 Å². The number of anilines is 2. The first-order valence-corrected chi connectivity index (χ1v) is 7.89. The van der Waals surface area contributed by atoms with Gasteiger partial charge in [0.1, 0.15) is 0 Å². The van der Waals surface area contributed by atoms with E-state index in [2.05, 4.69) is 43.8 Å². The van der Waals surface area contributed by atoms with Crippen LogP contribution in [0.4, 0.5) is 11.4 Å². The van der Waals surface area contributed by atoms with E-state index in [4.69, 9.17) is 5.73 Å². The molecule has 104 valence electrons. The Labute approximate surface area is 140 Å². The lowest BCUT2D eigenvalue weighted by Gasteiger charge is -2.13. The standard InChI is InChI=1S/C15H14BrIN2O/c1-8-6-11(16)14(12(18)7-8)19-15(20)10-5-3-4-9(2)13(10)17/h3-7H,18H2,1-2H3,(H,19,20). The lowest BCUT2D eigenvalue weighted by molar-refractivity contribution is 0.102. The molecule has 0 aliphatic heterocycles. The van der Waals surface area contributed by atoms with Gasteiger partial charge in [-0.3, -0.25) is 4.79 Å². The summed E-state index contributed by atoms with van der Waals surface area (Å²) in [5.74, 6) is -0.158. The summed E-state index contributed by atoms with van der Waals surface area (Å²) >= 11 is 5.62. The van der Waals surface area contributed by atoms with E-state index in [1.54, 1.807) is 0 Å². The third kappa shape index (κ3) is 3.15. The maximum absolute atomic E-state index is 12.4. The lowest BCUT2D eigenvalue weighted by atomic mass is 10.1. The molecule has 0 radical (unpaired) electrons. The van der Waals surface area contributed by atoms with E-state index in [-0.39, 0.29) is 5.91 Å². The number of rotatable bonds is 2. The largest absolute Gasteiger partial charge is 0.397 e. The second kappa shape index (κ2) is 6.13. The summed E-state index contributed by atoms with van der Waals surface area (Å²) < 4.78 is 1.73. The Morgan fingerprint density at radius 3 is 2.65 bits per heavy atom. The van der Waals surface area contributed by atoms with Crippen LogP contribution >= 0.6 is 38.5 Å². The van der Waals surface area contributed by atoms with Crippen LogP contribution in [0.2, 0.25) is 0 Å². The number of aryl methyl sites for hydroxylation is 2. The molecule has 2 rings (SSSR count). The van der Waals surface area contributed by atoms with Crippen molar-refractivity contribution in [1.82, 2.24) is 0 Å². The first-order valence-electron chi connectivity index (χ1n) is 6.02. The van der Waals surface area contributed by atoms with Crippen molar-refractivity contribution in [2.75, 3.05) is 11.1 Å². The van der Waals surface area contributed by atoms with Crippen LogP contribution in [0, 0.1) is 17.4 Å². The van der Waals surface area contributed by atoms with Gasteiger partial charge in [-0.25, -0.2) is 0 Å². The molecule has 3 N–H and O–H groups in total. The van der Waals surface area contributed by atoms with Gasteiger partial charge in [0, 0.05) is 8.04 Å². The van der Waals surface area contributed by atoms with Crippen LogP contribution in [-0.2, 0) is 0 Å². The van der Waals surface area contributed by atoms with Gasteiger partial charge in [0.25, 0.3) is 5.91 Å². The van der Waals surface area contributed by atoms with Crippen molar-refractivity contribution in [3.8, 4) is 0 Å². The third-order valence-electron chi connectivity index (χ3n) is 2.94. The second-order valence-corrected chi connectivity index (χ2v) is 6.53. The Balaban J connectivity index is 2.36. The van der Waals surface area contributed by atoms with Gasteiger partial charge in [-0.1, -0.05) is 12.1 Å². The molecule has 0 saturated carbocycles. The molecular formula is C15H14BrIN2O. The number of nitrogens with one attached hydrogen (secondary N) is 1. The predicted molar refractivity (Wildman–Crippen MR) is 95.1 cm³/mol. The van der Waals surface area contributed by atoms with E-state index >= 15 is 0 Å². The summed E-state index contributed by atoms with van der Waals surface area (Å²) in [7, 11) is 0. The van der Waals surface area contributed by atoms with Crippen molar-refractivity contribution in [2.45, 2.75) is 13.8 Å². The average Bonchev–Trinajstić information content (AvgIpc) is 2.36. The Kier molecular flexibility index (Phi) is 4.70. The fraction of sp³-hybridized carbons (Fsp3) is 0.133. The van der Waals surface area contributed by atoms with Gasteiger partial charge in [0.2, 0.25) is 0 Å². The Hall–Kier alpha value is -1.08. The van der Waals surface area contributed by atoms with Crippen molar-refractivity contribution < 1.29 is 4.79 Å². The minimum absolute atomic E-state index is 0.158. The fourth-order valence-corrected chi connectivity index (χ4v) is 3.20. The topological polar surface area (TPSA) is 55.1 Å². The van der Waals surface area contributed by atoms with Crippen molar-refractivity contribution in [1.29, 1.82) is 0 Å². The first-order chi connectivity index (χ1) is 9.40. The molecule has 0 unspecified atom stereocenters. The summed E-state index contributed by atoms with van der Waals surface area (Å²) in [6.45, 7) is 3.94. The SMILES string of the molecule is Cc1cc(N)c(NC(=O)c2cccc(C)c2I)c(Br)c1. The molecular weight excluding hydrogens is 431 g/mol. The zero-order valence-corrected chi connectivity index (χ0v) is 14.9. The first kappa shape index (κ1) is 15.3. The molecule has 5 heteroatoms. The molecule has 0 fully saturated rings. The van der Waals surface area contributed by atoms with Crippen molar-refractivity contribution in [3.05, 3.63) is 55.1 Å². The summed E-state index contributed by atoms with van der Waals surface area (Å²) in [5.41, 5.74) is 9.90. The maximum Gasteiger partial charge on any atom is 0.256 e. The van der Waals surface area contributed by atoms with Gasteiger partial charge in [-0.2, -0.15) is 0 Å². The molecule has 0 aliphatic carbocycles. The van der Waals surface area contributed by atoms with Crippen LogP contribution in [0.3, 0.4) is 0 Å². The number of carbonyl (C=O) groups excluding carboxylic acids is 1. The fourth-order valence-electron chi connectivity index (χ4n) is 1.90. The smallest absolute Gasteiger partial charge is 0.256 e. The molecule has 0 heterocycles. The van der Waals surface area contributed by atoms with Gasteiger partial charge in [0.05, 0.1) is 16.9 Å². The molecule has 0 aromatic heterocycles. The molecule has 2 aromatic rings. The number of hydrogen-bond acceptors (Lipinski definition) is 2. The quantitative estimate of drug-likeness (QED) is 0.529. The molecule has 0 aliphatic rings. The average molecular weight is 445 g/mol. The Bertz CT molecular complexity index is 663. The van der Waals surface area contributed by atoms with Crippen LogP contribution in [0.1, 0.15) is 21.5 Å². The van der Waals surface area contributed by atoms with Gasteiger partial charge in [0.15, 0.2) is 0 Å². The van der Waals surface area contributed by atoms with E-state index in [0.29, 0.717) is 16.9 Å². The van der Waals surface area contributed by atoms with Crippen LogP contribution in [-0.4, -0.2) is 5.91 Å². The highest BCUT2D eigenvalue weighted by Gasteiger charge is 2.14. The highest BCUT2D eigenvalue weighted by Crippen LogP contribution is 2.31. The number of nitrogen functional groups attached to an aromatic ring is 1. The molecule has 0 spiro atoms. The zero-order chi connectivity index (χ0) is 14.9. The van der Waals surface area contributed by atoms with E-state index in [9.17, 15) is 4.79 Å². The van der Waals surface area contributed by atoms with E-state index in [1.807, 2.05) is 44.2 Å². The Morgan fingerprint density at radius 2 is 2.00 bits per heavy atom. The lowest BCUT2D eigenvalue weighted by Crippen LogP contribution is -2.15. The molecule has 2 aromatic carbocycles. The van der Waals surface area contributed by atoms with E-state index in [1.165, 1.54) is 0 Å². The van der Waals surface area contributed by atoms with Crippen LogP contribution in [0.25, 0.3) is 0 Å². The normalized spacial score (nSPS) is 10.4. The van der Waals surface area contributed by atoms with Gasteiger partial charge in [-0.05, 0) is 81.7 Å². The summed E-state index contributed by atoms with van der Waals surface area (Å²) in [6.07, 6.45) is 0. The molecule has 0 bridgehead atoms. The van der Waals surface area contributed by atoms with Crippen molar-refractivity contribution in [3.63, 3.8) is 0 Å². The minimum Gasteiger partial charge on any atom is -0.397 e. The van der Waals surface area contributed by atoms with Crippen molar-refractivity contribution >= 4 is 55.8 Å². The van der Waals surface area contributed by atoms with Crippen LogP contribution in [0.15, 0.2) is 34.8 Å². The molecule has 0 saturated heterocycles. The highest BCUT2D eigenvalue weighted by molar-refractivity contribution is 14.1. The van der Waals surface area contributed by atoms with E-state index < -0.39 is 0 Å². The summed E-state index contributed by atoms with van der Waals surface area (Å²) in [5, 5.41) is 2.87. The van der Waals surface area contributed by atoms with Crippen LogP contribution < -0.4 is 11.1 Å². The molecule has 20 heavy (non-hydrogen) atoms. The van der Waals surface area contributed by atoms with Crippen molar-refractivity contribution in [2.24, 2.45) is 0 Å². The number of hydrogen-bond donors (Lipinski definition) is 2. The molecule has 0 atom stereocenters.